The van der Waals surface area contributed by atoms with Crippen LogP contribution in [0.2, 0.25) is 0 Å². The summed E-state index contributed by atoms with van der Waals surface area (Å²) in [7, 11) is 0. The van der Waals surface area contributed by atoms with E-state index in [1.807, 2.05) is 32.0 Å². The number of hydrogen-bond donors (Lipinski definition) is 0. The van der Waals surface area contributed by atoms with Crippen LogP contribution in [0.1, 0.15) is 84.7 Å². The largest absolute Gasteiger partial charge is 0.369 e. The third-order valence-electron chi connectivity index (χ3n) is 9.56. The van der Waals surface area contributed by atoms with Crippen molar-refractivity contribution in [3.63, 3.8) is 0 Å². The Morgan fingerprint density at radius 3 is 1.80 bits per heavy atom. The lowest BCUT2D eigenvalue weighted by atomic mass is 9.84. The van der Waals surface area contributed by atoms with Gasteiger partial charge < -0.3 is 9.47 Å². The number of fused-ring (bicyclic) bond motifs is 6. The molecule has 6 aromatic rings. The summed E-state index contributed by atoms with van der Waals surface area (Å²) in [5.74, 6) is 3.50. The maximum atomic E-state index is 6.21. The summed E-state index contributed by atoms with van der Waals surface area (Å²) in [6.45, 7) is 12.7. The van der Waals surface area contributed by atoms with E-state index < -0.39 is 0 Å². The summed E-state index contributed by atoms with van der Waals surface area (Å²) in [6, 6.07) is 33.9. The van der Waals surface area contributed by atoms with E-state index in [9.17, 15) is 0 Å². The van der Waals surface area contributed by atoms with Gasteiger partial charge in [-0.25, -0.2) is 0 Å². The molecule has 3 aliphatic rings. The van der Waals surface area contributed by atoms with Crippen molar-refractivity contribution >= 4 is 5.57 Å². The smallest absolute Gasteiger partial charge is 0.163 e. The molecule has 49 heavy (non-hydrogen) atoms. The maximum Gasteiger partial charge on any atom is 0.163 e. The van der Waals surface area contributed by atoms with E-state index in [4.69, 9.17) is 10.8 Å². The average molecular weight is 652 g/mol. The van der Waals surface area contributed by atoms with E-state index in [0.29, 0.717) is 33.3 Å². The molecule has 0 bridgehead atoms. The van der Waals surface area contributed by atoms with Gasteiger partial charge in [-0.15, -0.1) is 20.4 Å². The van der Waals surface area contributed by atoms with Crippen molar-refractivity contribution in [1.82, 2.24) is 29.5 Å². The minimum Gasteiger partial charge on any atom is -0.369 e. The third kappa shape index (κ3) is 5.92. The molecule has 1 saturated carbocycles. The van der Waals surface area contributed by atoms with Crippen molar-refractivity contribution in [2.45, 2.75) is 72.4 Å². The van der Waals surface area contributed by atoms with Gasteiger partial charge in [0.2, 0.25) is 0 Å². The Morgan fingerprint density at radius 2 is 1.20 bits per heavy atom. The minimum absolute atomic E-state index is 0.141. The maximum absolute atomic E-state index is 6.21. The van der Waals surface area contributed by atoms with Gasteiger partial charge in [-0.3, -0.25) is 9.13 Å². The topological polar surface area (TPSA) is 79.9 Å². The first-order valence-corrected chi connectivity index (χ1v) is 16.8. The zero-order chi connectivity index (χ0) is 34.7. The van der Waals surface area contributed by atoms with Crippen molar-refractivity contribution in [2.24, 2.45) is 0 Å². The minimum atomic E-state index is 0.141. The van der Waals surface area contributed by atoms with Crippen LogP contribution in [0.3, 0.4) is 0 Å². The Balaban J connectivity index is 0.000000146. The highest BCUT2D eigenvalue weighted by Crippen LogP contribution is 2.55. The van der Waals surface area contributed by atoms with Gasteiger partial charge >= 0.3 is 0 Å². The molecule has 8 nitrogen and oxygen atoms in total. The zero-order valence-corrected chi connectivity index (χ0v) is 28.4. The van der Waals surface area contributed by atoms with Crippen LogP contribution in [0.15, 0.2) is 104 Å². The van der Waals surface area contributed by atoms with Gasteiger partial charge in [0, 0.05) is 17.9 Å². The Morgan fingerprint density at radius 1 is 0.673 bits per heavy atom. The summed E-state index contributed by atoms with van der Waals surface area (Å²) in [5, 5.41) is 16.9. The summed E-state index contributed by atoms with van der Waals surface area (Å²) in [5.41, 5.74) is 10.8. The quantitative estimate of drug-likeness (QED) is 0.191. The number of aromatic nitrogens is 6. The van der Waals surface area contributed by atoms with E-state index in [1.54, 1.807) is 6.92 Å². The molecule has 8 heteroatoms. The number of ether oxygens (including phenoxy) is 2. The SMILES string of the molecule is C=C(c1ccccc1)c1cccc2c1COCc1nnc(C)n1-2.Cc1nnc2n1-c1cccc(C3(c4ccccc4)CC3)c1COC2.[2H]CC. The molecule has 1 aliphatic carbocycles. The first-order valence-electron chi connectivity index (χ1n) is 17.5. The molecule has 0 atom stereocenters. The molecule has 0 spiro atoms. The van der Waals surface area contributed by atoms with Crippen molar-refractivity contribution in [1.29, 1.82) is 0 Å². The lowest BCUT2D eigenvalue weighted by Gasteiger charge is -2.22. The highest BCUT2D eigenvalue weighted by atomic mass is 16.5. The summed E-state index contributed by atoms with van der Waals surface area (Å²) >= 11 is 0. The van der Waals surface area contributed by atoms with Crippen molar-refractivity contribution < 1.29 is 10.8 Å². The molecule has 1 fully saturated rings. The highest BCUT2D eigenvalue weighted by molar-refractivity contribution is 5.81. The van der Waals surface area contributed by atoms with Crippen LogP contribution in [-0.4, -0.2) is 29.5 Å². The van der Waals surface area contributed by atoms with E-state index in [2.05, 4.69) is 115 Å². The van der Waals surface area contributed by atoms with Gasteiger partial charge in [0.05, 0.1) is 24.6 Å². The van der Waals surface area contributed by atoms with Crippen LogP contribution in [0.5, 0.6) is 0 Å². The predicted molar refractivity (Wildman–Crippen MR) is 192 cm³/mol. The standard InChI is InChI=1S/C20H19N3O.C19H17N3O.C2H6/c1-14-21-22-19-13-24-12-16-17(8-5-9-18(16)23(14)19)20(10-11-20)15-6-3-2-4-7-15;1-13(15-7-4-3-5-8-15)16-9-6-10-18-17(16)11-23-12-19-21-20-14(2)22(18)19;1-2/h2-9H,10-13H2,1H3;3-10H,1,11-12H2,2H3;1-2H3/i;;1D. The van der Waals surface area contributed by atoms with E-state index in [1.165, 1.54) is 35.2 Å². The normalized spacial score (nSPS) is 15.2. The molecule has 0 saturated heterocycles. The fraction of sp³-hybridized carbons (Fsp3) is 0.268. The second-order valence-corrected chi connectivity index (χ2v) is 12.4. The molecule has 9 rings (SSSR count). The van der Waals surface area contributed by atoms with Gasteiger partial charge in [0.25, 0.3) is 0 Å². The zero-order valence-electron chi connectivity index (χ0n) is 29.4. The molecule has 0 unspecified atom stereocenters. The van der Waals surface area contributed by atoms with E-state index in [-0.39, 0.29) is 5.41 Å². The fourth-order valence-electron chi connectivity index (χ4n) is 7.11. The first kappa shape index (κ1) is 31.1. The van der Waals surface area contributed by atoms with Crippen molar-refractivity contribution in [2.75, 3.05) is 0 Å². The second kappa shape index (κ2) is 13.7. The van der Waals surface area contributed by atoms with Crippen LogP contribution >= 0.6 is 0 Å². The molecule has 4 heterocycles. The molecule has 4 aromatic carbocycles. The van der Waals surface area contributed by atoms with Crippen molar-refractivity contribution in [3.8, 4) is 11.4 Å². The van der Waals surface area contributed by atoms with Crippen LogP contribution in [0.25, 0.3) is 16.9 Å². The number of hydrogen-bond acceptors (Lipinski definition) is 6. The monoisotopic (exact) mass is 651 g/mol. The van der Waals surface area contributed by atoms with Crippen LogP contribution in [-0.2, 0) is 41.3 Å². The molecular weight excluding hydrogens is 608 g/mol. The summed E-state index contributed by atoms with van der Waals surface area (Å²) in [6.07, 6.45) is 2.39. The van der Waals surface area contributed by atoms with E-state index >= 15 is 0 Å². The number of rotatable bonds is 4. The van der Waals surface area contributed by atoms with Gasteiger partial charge in [-0.2, -0.15) is 0 Å². The average Bonchev–Trinajstić information content (AvgIpc) is 3.86. The second-order valence-electron chi connectivity index (χ2n) is 12.4. The number of aryl methyl sites for hydroxylation is 2. The molecule has 2 aromatic heterocycles. The molecule has 2 aliphatic heterocycles. The van der Waals surface area contributed by atoms with E-state index in [0.717, 1.165) is 51.2 Å². The Labute approximate surface area is 289 Å². The molecule has 0 amide bonds. The Bertz CT molecular complexity index is 2120. The molecular formula is C41H42N6O2. The molecule has 0 radical (unpaired) electrons. The Hall–Kier alpha value is -5.18. The number of nitrogens with zero attached hydrogens (tertiary/aromatic N) is 6. The predicted octanol–water partition coefficient (Wildman–Crippen LogP) is 8.38. The lowest BCUT2D eigenvalue weighted by molar-refractivity contribution is 0.104. The van der Waals surface area contributed by atoms with Crippen molar-refractivity contribution in [3.05, 3.63) is 160 Å². The van der Waals surface area contributed by atoms with Gasteiger partial charge in [0.1, 0.15) is 24.9 Å². The Kier molecular flexibility index (Phi) is 8.73. The van der Waals surface area contributed by atoms with Crippen LogP contribution in [0, 0.1) is 13.8 Å². The van der Waals surface area contributed by atoms with Gasteiger partial charge in [-0.1, -0.05) is 105 Å². The summed E-state index contributed by atoms with van der Waals surface area (Å²) < 4.78 is 22.2. The molecule has 0 N–H and O–H groups in total. The number of benzene rings is 4. The van der Waals surface area contributed by atoms with Crippen LogP contribution in [0.4, 0.5) is 0 Å². The highest BCUT2D eigenvalue weighted by Gasteiger charge is 2.47. The van der Waals surface area contributed by atoms with Gasteiger partial charge in [-0.05, 0) is 66.6 Å². The molecule has 248 valence electrons. The third-order valence-corrected chi connectivity index (χ3v) is 9.56. The van der Waals surface area contributed by atoms with Crippen LogP contribution < -0.4 is 0 Å². The summed E-state index contributed by atoms with van der Waals surface area (Å²) in [4.78, 5) is 0. The first-order chi connectivity index (χ1) is 24.5. The van der Waals surface area contributed by atoms with Gasteiger partial charge in [0.15, 0.2) is 11.6 Å². The lowest BCUT2D eigenvalue weighted by Crippen LogP contribution is -2.14. The fourth-order valence-corrected chi connectivity index (χ4v) is 7.11.